The van der Waals surface area contributed by atoms with E-state index in [4.69, 9.17) is 9.72 Å². The monoisotopic (exact) mass is 465 g/mol. The molecule has 1 aliphatic carbocycles. The van der Waals surface area contributed by atoms with Crippen LogP contribution < -0.4 is 10.6 Å². The Balaban J connectivity index is 1.74. The first kappa shape index (κ1) is 22.8. The molecule has 2 N–H and O–H groups in total. The highest BCUT2D eigenvalue weighted by Gasteiger charge is 2.22. The number of carbonyl (C=O) groups excluding carboxylic acids is 2. The number of urea groups is 1. The smallest absolute Gasteiger partial charge is 0.339 e. The van der Waals surface area contributed by atoms with Crippen LogP contribution in [0.1, 0.15) is 61.5 Å². The minimum absolute atomic E-state index is 0.291. The Hall–Kier alpha value is -3.33. The second kappa shape index (κ2) is 10.5. The van der Waals surface area contributed by atoms with Crippen LogP contribution in [0.15, 0.2) is 36.1 Å². The predicted octanol–water partition coefficient (Wildman–Crippen LogP) is 5.24. The lowest BCUT2D eigenvalue weighted by Gasteiger charge is -2.12. The van der Waals surface area contributed by atoms with Gasteiger partial charge in [-0.05, 0) is 38.8 Å². The average molecular weight is 466 g/mol. The van der Waals surface area contributed by atoms with Gasteiger partial charge in [0.05, 0.1) is 17.9 Å². The summed E-state index contributed by atoms with van der Waals surface area (Å²) >= 11 is 1.58. The van der Waals surface area contributed by atoms with Crippen LogP contribution >= 0.6 is 11.3 Å². The fraction of sp³-hybridized carbons (Fsp3) is 0.375. The van der Waals surface area contributed by atoms with E-state index in [-0.39, 0.29) is 6.03 Å². The van der Waals surface area contributed by atoms with Crippen molar-refractivity contribution in [3.8, 4) is 21.7 Å². The first-order valence-electron chi connectivity index (χ1n) is 11.2. The van der Waals surface area contributed by atoms with Crippen LogP contribution in [0.5, 0.6) is 0 Å². The van der Waals surface area contributed by atoms with Crippen molar-refractivity contribution < 1.29 is 14.3 Å². The lowest BCUT2D eigenvalue weighted by Crippen LogP contribution is -2.28. The Labute approximate surface area is 196 Å². The molecule has 3 heterocycles. The Kier molecular flexibility index (Phi) is 7.29. The van der Waals surface area contributed by atoms with E-state index >= 15 is 0 Å². The molecule has 8 nitrogen and oxygen atoms in total. The molecule has 9 heteroatoms. The number of esters is 1. The molecule has 0 aromatic carbocycles. The molecular weight excluding hydrogens is 438 g/mol. The number of nitrogens with zero attached hydrogens (tertiary/aromatic N) is 3. The van der Waals surface area contributed by atoms with Crippen molar-refractivity contribution in [3.05, 3.63) is 47.4 Å². The van der Waals surface area contributed by atoms with Gasteiger partial charge < -0.3 is 10.1 Å². The van der Waals surface area contributed by atoms with Crippen LogP contribution in [0.2, 0.25) is 0 Å². The molecule has 3 aromatic heterocycles. The molecule has 1 fully saturated rings. The average Bonchev–Trinajstić information content (AvgIpc) is 3.52. The molecule has 0 spiro atoms. The van der Waals surface area contributed by atoms with Gasteiger partial charge in [-0.25, -0.2) is 19.6 Å². The second-order valence-corrected chi connectivity index (χ2v) is 8.70. The molecule has 4 rings (SSSR count). The number of amides is 2. The van der Waals surface area contributed by atoms with Crippen LogP contribution in [-0.2, 0) is 4.74 Å². The molecule has 1 saturated carbocycles. The van der Waals surface area contributed by atoms with Crippen LogP contribution in [0, 0.1) is 0 Å². The Morgan fingerprint density at radius 1 is 1.12 bits per heavy atom. The van der Waals surface area contributed by atoms with E-state index in [0.717, 1.165) is 27.4 Å². The Morgan fingerprint density at radius 2 is 1.94 bits per heavy atom. The van der Waals surface area contributed by atoms with Crippen LogP contribution in [0.3, 0.4) is 0 Å². The molecule has 172 valence electrons. The highest BCUT2D eigenvalue weighted by molar-refractivity contribution is 7.13. The molecule has 0 atom stereocenters. The van der Waals surface area contributed by atoms with Gasteiger partial charge in [0.15, 0.2) is 0 Å². The highest BCUT2D eigenvalue weighted by atomic mass is 32.1. The first-order chi connectivity index (χ1) is 16.1. The maximum Gasteiger partial charge on any atom is 0.339 e. The van der Waals surface area contributed by atoms with Crippen molar-refractivity contribution in [3.63, 3.8) is 0 Å². The molecule has 0 bridgehead atoms. The maximum atomic E-state index is 12.2. The fourth-order valence-electron chi connectivity index (χ4n) is 3.98. The van der Waals surface area contributed by atoms with Gasteiger partial charge >= 0.3 is 12.0 Å². The number of pyridine rings is 2. The molecule has 0 radical (unpaired) electrons. The van der Waals surface area contributed by atoms with Gasteiger partial charge in [0, 0.05) is 53.1 Å². The van der Waals surface area contributed by atoms with Gasteiger partial charge in [0.25, 0.3) is 0 Å². The van der Waals surface area contributed by atoms with E-state index in [1.165, 1.54) is 31.9 Å². The summed E-state index contributed by atoms with van der Waals surface area (Å²) in [4.78, 5) is 37.9. The van der Waals surface area contributed by atoms with E-state index in [0.29, 0.717) is 30.5 Å². The SMILES string of the molecule is CCNC(=O)Nc1cc(-c2nc(C3CCCC3)cs2)c(-c2cncc(C(=O)OCC)c2)cn1. The molecule has 33 heavy (non-hydrogen) atoms. The number of rotatable bonds is 7. The van der Waals surface area contributed by atoms with Crippen molar-refractivity contribution in [1.82, 2.24) is 20.3 Å². The number of aromatic nitrogens is 3. The fourth-order valence-corrected chi connectivity index (χ4v) is 4.92. The summed E-state index contributed by atoms with van der Waals surface area (Å²) in [7, 11) is 0. The Morgan fingerprint density at radius 3 is 2.70 bits per heavy atom. The number of thiazole rings is 1. The molecule has 0 saturated heterocycles. The van der Waals surface area contributed by atoms with Crippen molar-refractivity contribution in [2.75, 3.05) is 18.5 Å². The van der Waals surface area contributed by atoms with E-state index in [9.17, 15) is 9.59 Å². The number of anilines is 1. The minimum atomic E-state index is -0.423. The third kappa shape index (κ3) is 5.36. The van der Waals surface area contributed by atoms with Crippen molar-refractivity contribution in [1.29, 1.82) is 0 Å². The maximum absolute atomic E-state index is 12.2. The predicted molar refractivity (Wildman–Crippen MR) is 128 cm³/mol. The topological polar surface area (TPSA) is 106 Å². The number of carbonyl (C=O) groups is 2. The molecule has 0 unspecified atom stereocenters. The molecule has 1 aliphatic rings. The van der Waals surface area contributed by atoms with Gasteiger partial charge in [-0.1, -0.05) is 12.8 Å². The zero-order valence-corrected chi connectivity index (χ0v) is 19.6. The van der Waals surface area contributed by atoms with E-state index in [2.05, 4.69) is 26.0 Å². The first-order valence-corrected chi connectivity index (χ1v) is 12.1. The molecule has 3 aromatic rings. The van der Waals surface area contributed by atoms with Gasteiger partial charge in [0.1, 0.15) is 10.8 Å². The van der Waals surface area contributed by atoms with E-state index in [1.54, 1.807) is 36.7 Å². The lowest BCUT2D eigenvalue weighted by molar-refractivity contribution is 0.0526. The van der Waals surface area contributed by atoms with Crippen molar-refractivity contribution in [2.45, 2.75) is 45.4 Å². The summed E-state index contributed by atoms with van der Waals surface area (Å²) in [6.07, 6.45) is 9.67. The van der Waals surface area contributed by atoms with Gasteiger partial charge in [-0.15, -0.1) is 11.3 Å². The van der Waals surface area contributed by atoms with E-state index < -0.39 is 5.97 Å². The van der Waals surface area contributed by atoms with Gasteiger partial charge in [0.2, 0.25) is 0 Å². The number of ether oxygens (including phenoxy) is 1. The quantitative estimate of drug-likeness (QED) is 0.462. The zero-order valence-electron chi connectivity index (χ0n) is 18.8. The summed E-state index contributed by atoms with van der Waals surface area (Å²) in [5, 5.41) is 8.44. The standard InChI is InChI=1S/C24H27N5O3S/c1-3-26-24(31)29-21-10-18(22-28-20(14-33-22)15-7-5-6-8-15)19(13-27-21)16-9-17(12-25-11-16)23(30)32-4-2/h9-15H,3-8H2,1-2H3,(H2,26,27,29,31). The summed E-state index contributed by atoms with van der Waals surface area (Å²) in [6, 6.07) is 3.24. The van der Waals surface area contributed by atoms with E-state index in [1.807, 2.05) is 13.0 Å². The zero-order chi connectivity index (χ0) is 23.2. The third-order valence-corrected chi connectivity index (χ3v) is 6.46. The lowest BCUT2D eigenvalue weighted by atomic mass is 10.0. The molecule has 0 aliphatic heterocycles. The number of hydrogen-bond donors (Lipinski definition) is 2. The number of hydrogen-bond acceptors (Lipinski definition) is 7. The summed E-state index contributed by atoms with van der Waals surface area (Å²) in [5.74, 6) is 0.502. The van der Waals surface area contributed by atoms with Crippen LogP contribution in [-0.4, -0.2) is 40.1 Å². The normalized spacial score (nSPS) is 13.6. The largest absolute Gasteiger partial charge is 0.462 e. The summed E-state index contributed by atoms with van der Waals surface area (Å²) in [5.41, 5.74) is 3.82. The minimum Gasteiger partial charge on any atom is -0.462 e. The van der Waals surface area contributed by atoms with Crippen molar-refractivity contribution in [2.24, 2.45) is 0 Å². The third-order valence-electron chi connectivity index (χ3n) is 5.57. The summed E-state index contributed by atoms with van der Waals surface area (Å²) < 4.78 is 5.12. The van der Waals surface area contributed by atoms with Gasteiger partial charge in [-0.3, -0.25) is 10.3 Å². The highest BCUT2D eigenvalue weighted by Crippen LogP contribution is 2.39. The van der Waals surface area contributed by atoms with Crippen molar-refractivity contribution >= 4 is 29.2 Å². The van der Waals surface area contributed by atoms with Gasteiger partial charge in [-0.2, -0.15) is 0 Å². The summed E-state index contributed by atoms with van der Waals surface area (Å²) in [6.45, 7) is 4.42. The van der Waals surface area contributed by atoms with Crippen LogP contribution in [0.4, 0.5) is 10.6 Å². The van der Waals surface area contributed by atoms with Crippen LogP contribution in [0.25, 0.3) is 21.7 Å². The molecular formula is C24H27N5O3S. The second-order valence-electron chi connectivity index (χ2n) is 7.84. The molecule has 2 amide bonds. The number of nitrogens with one attached hydrogen (secondary N) is 2. The Bertz CT molecular complexity index is 1140.